The molecule has 0 spiro atoms. The van der Waals surface area contributed by atoms with E-state index >= 15 is 0 Å². The average Bonchev–Trinajstić information content (AvgIpc) is 2.87. The Kier molecular flexibility index (Phi) is 9.08. The fourth-order valence-corrected chi connectivity index (χ4v) is 3.49. The maximum Gasteiger partial charge on any atom is 0.491 e. The van der Waals surface area contributed by atoms with Crippen molar-refractivity contribution in [2.24, 2.45) is 0 Å². The minimum Gasteiger partial charge on any atom is -0.497 e. The van der Waals surface area contributed by atoms with E-state index in [1.54, 1.807) is 18.2 Å². The first-order valence-corrected chi connectivity index (χ1v) is 11.7. The number of hydrogen-bond donors (Lipinski definition) is 0. The molecule has 3 rings (SSSR count). The number of aromatic nitrogens is 1. The number of nitrogens with zero attached hydrogens (tertiary/aromatic N) is 1. The topological polar surface area (TPSA) is 101 Å². The third-order valence-corrected chi connectivity index (χ3v) is 5.68. The van der Waals surface area contributed by atoms with Gasteiger partial charge < -0.3 is 18.9 Å². The van der Waals surface area contributed by atoms with Gasteiger partial charge in [-0.15, -0.1) is 0 Å². The van der Waals surface area contributed by atoms with Crippen molar-refractivity contribution < 1.29 is 46.5 Å². The zero-order chi connectivity index (χ0) is 29.0. The molecule has 39 heavy (non-hydrogen) atoms. The molecule has 2 aromatic carbocycles. The van der Waals surface area contributed by atoms with Gasteiger partial charge in [-0.3, -0.25) is 4.79 Å². The Balaban J connectivity index is 1.80. The van der Waals surface area contributed by atoms with Crippen molar-refractivity contribution in [3.05, 3.63) is 81.5 Å². The van der Waals surface area contributed by atoms with Crippen LogP contribution in [-0.2, 0) is 20.9 Å². The Labute approximate surface area is 230 Å². The lowest BCUT2D eigenvalue weighted by Gasteiger charge is -2.25. The summed E-state index contributed by atoms with van der Waals surface area (Å²) in [6, 6.07) is 11.9. The molecule has 0 amide bonds. The van der Waals surface area contributed by atoms with Gasteiger partial charge in [0.2, 0.25) is 11.5 Å². The molecule has 206 valence electrons. The van der Waals surface area contributed by atoms with Gasteiger partial charge in [-0.2, -0.15) is 13.2 Å². The predicted molar refractivity (Wildman–Crippen MR) is 133 cm³/mol. The van der Waals surface area contributed by atoms with Crippen LogP contribution >= 0.6 is 23.2 Å². The van der Waals surface area contributed by atoms with Gasteiger partial charge in [0.25, 0.3) is 0 Å². The van der Waals surface area contributed by atoms with Gasteiger partial charge in [0.1, 0.15) is 18.1 Å². The molecule has 0 aliphatic heterocycles. The summed E-state index contributed by atoms with van der Waals surface area (Å²) < 4.78 is 57.7. The van der Waals surface area contributed by atoms with Crippen LogP contribution in [0.25, 0.3) is 0 Å². The second kappa shape index (κ2) is 11.9. The van der Waals surface area contributed by atoms with Gasteiger partial charge in [-0.05, 0) is 44.2 Å². The van der Waals surface area contributed by atoms with Crippen molar-refractivity contribution in [3.63, 3.8) is 0 Å². The Morgan fingerprint density at radius 3 is 2.26 bits per heavy atom. The number of hydrogen-bond acceptors (Lipinski definition) is 8. The minimum atomic E-state index is -5.38. The summed E-state index contributed by atoms with van der Waals surface area (Å²) in [5.41, 5.74) is -1.39. The molecule has 1 aromatic heterocycles. The molecule has 0 N–H and O–H groups in total. The van der Waals surface area contributed by atoms with Crippen molar-refractivity contribution in [2.75, 3.05) is 7.11 Å². The normalized spacial score (nSPS) is 11.5. The molecule has 0 fully saturated rings. The van der Waals surface area contributed by atoms with Crippen LogP contribution < -0.4 is 14.2 Å². The minimum absolute atomic E-state index is 0.0674. The molecular weight excluding hydrogens is 566 g/mol. The second-order valence-corrected chi connectivity index (χ2v) is 9.23. The summed E-state index contributed by atoms with van der Waals surface area (Å²) in [7, 11) is 1.34. The Morgan fingerprint density at radius 2 is 1.67 bits per heavy atom. The first kappa shape index (κ1) is 29.7. The number of carbonyl (C=O) groups excluding carboxylic acids is 3. The van der Waals surface area contributed by atoms with E-state index in [0.717, 1.165) is 13.8 Å². The van der Waals surface area contributed by atoms with Gasteiger partial charge in [0, 0.05) is 39.5 Å². The molecule has 1 heterocycles. The van der Waals surface area contributed by atoms with E-state index in [2.05, 4.69) is 9.72 Å². The van der Waals surface area contributed by atoms with Crippen LogP contribution in [0, 0.1) is 0 Å². The van der Waals surface area contributed by atoms with Crippen molar-refractivity contribution in [3.8, 4) is 17.4 Å². The van der Waals surface area contributed by atoms with E-state index in [-0.39, 0.29) is 35.1 Å². The van der Waals surface area contributed by atoms with Crippen molar-refractivity contribution in [1.29, 1.82) is 0 Å². The monoisotopic (exact) mass is 585 g/mol. The van der Waals surface area contributed by atoms with Crippen LogP contribution in [0.4, 0.5) is 13.2 Å². The van der Waals surface area contributed by atoms with E-state index in [4.69, 9.17) is 37.4 Å². The second-order valence-electron chi connectivity index (χ2n) is 8.39. The van der Waals surface area contributed by atoms with Crippen LogP contribution in [-0.4, -0.2) is 41.6 Å². The lowest BCUT2D eigenvalue weighted by atomic mass is 10.0. The Hall–Kier alpha value is -3.83. The maximum absolute atomic E-state index is 13.2. The van der Waals surface area contributed by atoms with Crippen LogP contribution in [0.5, 0.6) is 17.4 Å². The number of pyridine rings is 1. The summed E-state index contributed by atoms with van der Waals surface area (Å²) in [5, 5.41) is 0.887. The number of methoxy groups -OCH3 is 1. The zero-order valence-electron chi connectivity index (χ0n) is 20.6. The van der Waals surface area contributed by atoms with Crippen LogP contribution in [0.3, 0.4) is 0 Å². The third-order valence-electron chi connectivity index (χ3n) is 5.10. The number of alkyl halides is 3. The highest BCUT2D eigenvalue weighted by molar-refractivity contribution is 6.35. The fraction of sp³-hybridized carbons (Fsp3) is 0.231. The van der Waals surface area contributed by atoms with E-state index in [0.29, 0.717) is 15.6 Å². The number of esters is 2. The van der Waals surface area contributed by atoms with Crippen LogP contribution in [0.2, 0.25) is 10.0 Å². The highest BCUT2D eigenvalue weighted by Gasteiger charge is 2.45. The van der Waals surface area contributed by atoms with Gasteiger partial charge in [0.15, 0.2) is 5.78 Å². The number of ether oxygens (including phenoxy) is 4. The molecule has 0 radical (unpaired) electrons. The first-order valence-electron chi connectivity index (χ1n) is 11.0. The van der Waals surface area contributed by atoms with Crippen molar-refractivity contribution in [1.82, 2.24) is 4.98 Å². The smallest absolute Gasteiger partial charge is 0.491 e. The molecule has 0 atom stereocenters. The number of halogens is 5. The largest absolute Gasteiger partial charge is 0.497 e. The molecule has 0 aliphatic carbocycles. The summed E-state index contributed by atoms with van der Waals surface area (Å²) in [6.45, 7) is 2.25. The van der Waals surface area contributed by atoms with Gasteiger partial charge in [0.05, 0.1) is 12.7 Å². The van der Waals surface area contributed by atoms with Gasteiger partial charge in [-0.25, -0.2) is 14.6 Å². The zero-order valence-corrected chi connectivity index (χ0v) is 22.1. The molecule has 0 aliphatic rings. The summed E-state index contributed by atoms with van der Waals surface area (Å²) >= 11 is 12.0. The lowest BCUT2D eigenvalue weighted by molar-refractivity contribution is -0.206. The molecule has 0 saturated carbocycles. The number of carbonyl (C=O) groups is 3. The fourth-order valence-electron chi connectivity index (χ4n) is 3.03. The van der Waals surface area contributed by atoms with Crippen LogP contribution in [0.1, 0.15) is 35.3 Å². The Morgan fingerprint density at radius 1 is 0.949 bits per heavy atom. The highest BCUT2D eigenvalue weighted by atomic mass is 35.5. The molecule has 0 unspecified atom stereocenters. The molecule has 13 heteroatoms. The Bertz CT molecular complexity index is 1390. The average molecular weight is 586 g/mol. The van der Waals surface area contributed by atoms with Crippen molar-refractivity contribution in [2.45, 2.75) is 32.2 Å². The number of ketones is 1. The summed E-state index contributed by atoms with van der Waals surface area (Å²) in [6.07, 6.45) is -4.14. The highest BCUT2D eigenvalue weighted by Crippen LogP contribution is 2.31. The molecule has 0 bridgehead atoms. The molecule has 8 nitrogen and oxygen atoms in total. The predicted octanol–water partition coefficient (Wildman–Crippen LogP) is 6.00. The quantitative estimate of drug-likeness (QED) is 0.171. The molecular formula is C26H20Cl2F3NO7. The van der Waals surface area contributed by atoms with Crippen LogP contribution in [0.15, 0.2) is 54.7 Å². The summed E-state index contributed by atoms with van der Waals surface area (Å²) in [4.78, 5) is 40.7. The first-order chi connectivity index (χ1) is 18.2. The van der Waals surface area contributed by atoms with E-state index in [1.165, 1.54) is 43.6 Å². The van der Waals surface area contributed by atoms with Gasteiger partial charge >= 0.3 is 18.1 Å². The summed E-state index contributed by atoms with van der Waals surface area (Å²) in [5.74, 6) is -4.70. The third kappa shape index (κ3) is 7.61. The standard InChI is InChI=1S/C26H20Cl2F3NO7/c1-25(2,23(34)38-24(35)26(29,30)31)39-20-11-17(36-3)7-8-18(20)22(33)14-5-9-21(32-12-14)37-13-15-4-6-16(27)10-19(15)28/h4-12H,13H2,1-3H3. The maximum atomic E-state index is 13.2. The number of benzene rings is 2. The number of rotatable bonds is 9. The van der Waals surface area contributed by atoms with Crippen molar-refractivity contribution >= 4 is 40.9 Å². The molecule has 0 saturated heterocycles. The molecule has 3 aromatic rings. The van der Waals surface area contributed by atoms with E-state index in [1.807, 2.05) is 0 Å². The van der Waals surface area contributed by atoms with Gasteiger partial charge in [-0.1, -0.05) is 29.3 Å². The van der Waals surface area contributed by atoms with E-state index < -0.39 is 29.5 Å². The lowest BCUT2D eigenvalue weighted by Crippen LogP contribution is -2.43. The SMILES string of the molecule is COc1ccc(C(=O)c2ccc(OCc3ccc(Cl)cc3Cl)nc2)c(OC(C)(C)C(=O)OC(=O)C(F)(F)F)c1. The van der Waals surface area contributed by atoms with E-state index in [9.17, 15) is 27.6 Å².